The molecule has 33 heavy (non-hydrogen) atoms. The number of pyridine rings is 1. The maximum absolute atomic E-state index is 14.0. The van der Waals surface area contributed by atoms with Crippen LogP contribution in [-0.2, 0) is 12.8 Å². The van der Waals surface area contributed by atoms with Crippen molar-refractivity contribution in [2.75, 3.05) is 0 Å². The van der Waals surface area contributed by atoms with Crippen LogP contribution in [0.5, 0.6) is 0 Å². The summed E-state index contributed by atoms with van der Waals surface area (Å²) in [5, 5.41) is 0.767. The Morgan fingerprint density at radius 3 is 2.30 bits per heavy atom. The number of aryl methyl sites for hydroxylation is 2. The van der Waals surface area contributed by atoms with Crippen LogP contribution in [0.15, 0.2) is 54.9 Å². The fourth-order valence-corrected chi connectivity index (χ4v) is 4.38. The smallest absolute Gasteiger partial charge is 0.165 e. The number of halogens is 2. The van der Waals surface area contributed by atoms with Gasteiger partial charge in [-0.05, 0) is 48.1 Å². The second kappa shape index (κ2) is 9.26. The number of hydrogen-bond acceptors (Lipinski definition) is 2. The summed E-state index contributed by atoms with van der Waals surface area (Å²) in [5.41, 5.74) is 6.03. The molecule has 2 heterocycles. The lowest BCUT2D eigenvalue weighted by Crippen LogP contribution is -2.03. The molecular weight excluding hydrogens is 418 g/mol. The molecule has 0 bridgehead atoms. The van der Waals surface area contributed by atoms with Gasteiger partial charge >= 0.3 is 0 Å². The van der Waals surface area contributed by atoms with E-state index in [-0.39, 0.29) is 11.7 Å². The van der Waals surface area contributed by atoms with Gasteiger partial charge in [0.05, 0.1) is 17.4 Å². The first kappa shape index (κ1) is 22.8. The molecule has 5 heteroatoms. The standard InChI is InChI=1S/C28H28F2N2O/c1-5-18-8-7-9-19(6-2)28(18)25-14-21-22(27(33)12-17(3)4)16-32(26(21)15-31-25)20-10-11-23(29)24(30)13-20/h7-11,13-17H,5-6,12H2,1-4H3. The number of rotatable bonds is 7. The summed E-state index contributed by atoms with van der Waals surface area (Å²) in [5.74, 6) is -1.62. The van der Waals surface area contributed by atoms with Gasteiger partial charge in [-0.15, -0.1) is 0 Å². The number of fused-ring (bicyclic) bond motifs is 1. The minimum absolute atomic E-state index is 0.0213. The van der Waals surface area contributed by atoms with Crippen molar-refractivity contribution in [1.29, 1.82) is 0 Å². The van der Waals surface area contributed by atoms with Gasteiger partial charge in [-0.25, -0.2) is 8.78 Å². The van der Waals surface area contributed by atoms with Crippen molar-refractivity contribution in [2.45, 2.75) is 47.0 Å². The zero-order valence-corrected chi connectivity index (χ0v) is 19.5. The lowest BCUT2D eigenvalue weighted by Gasteiger charge is -2.13. The van der Waals surface area contributed by atoms with Gasteiger partial charge in [0.15, 0.2) is 17.4 Å². The summed E-state index contributed by atoms with van der Waals surface area (Å²) in [4.78, 5) is 17.9. The van der Waals surface area contributed by atoms with E-state index in [1.807, 2.05) is 19.9 Å². The Bertz CT molecular complexity index is 1320. The van der Waals surface area contributed by atoms with Gasteiger partial charge in [-0.1, -0.05) is 45.9 Å². The van der Waals surface area contributed by atoms with Crippen LogP contribution < -0.4 is 0 Å². The predicted octanol–water partition coefficient (Wildman–Crippen LogP) is 7.32. The average Bonchev–Trinajstić information content (AvgIpc) is 3.18. The second-order valence-electron chi connectivity index (χ2n) is 8.78. The third kappa shape index (κ3) is 4.32. The average molecular weight is 447 g/mol. The lowest BCUT2D eigenvalue weighted by molar-refractivity contribution is 0.0969. The normalized spacial score (nSPS) is 11.5. The number of carbonyl (C=O) groups excluding carboxylic acids is 1. The Labute approximate surface area is 193 Å². The highest BCUT2D eigenvalue weighted by Crippen LogP contribution is 2.33. The van der Waals surface area contributed by atoms with Crippen LogP contribution in [0.3, 0.4) is 0 Å². The number of aromatic nitrogens is 2. The fraction of sp³-hybridized carbons (Fsp3) is 0.286. The van der Waals surface area contributed by atoms with E-state index in [1.165, 1.54) is 17.2 Å². The first-order valence-corrected chi connectivity index (χ1v) is 11.4. The molecule has 0 aliphatic rings. The Kier molecular flexibility index (Phi) is 6.41. The van der Waals surface area contributed by atoms with Crippen LogP contribution in [0.1, 0.15) is 55.6 Å². The molecule has 0 atom stereocenters. The van der Waals surface area contributed by atoms with E-state index in [0.29, 0.717) is 23.2 Å². The minimum Gasteiger partial charge on any atom is -0.314 e. The second-order valence-corrected chi connectivity index (χ2v) is 8.78. The molecule has 0 saturated carbocycles. The first-order valence-electron chi connectivity index (χ1n) is 11.4. The summed E-state index contributed by atoms with van der Waals surface area (Å²) >= 11 is 0. The minimum atomic E-state index is -0.932. The Morgan fingerprint density at radius 2 is 1.70 bits per heavy atom. The van der Waals surface area contributed by atoms with Gasteiger partial charge in [-0.2, -0.15) is 0 Å². The van der Waals surface area contributed by atoms with Crippen molar-refractivity contribution in [1.82, 2.24) is 9.55 Å². The molecule has 0 fully saturated rings. The maximum Gasteiger partial charge on any atom is 0.165 e. The zero-order valence-electron chi connectivity index (χ0n) is 19.5. The summed E-state index contributed by atoms with van der Waals surface area (Å²) in [6, 6.07) is 12.0. The highest BCUT2D eigenvalue weighted by Gasteiger charge is 2.20. The molecule has 0 amide bonds. The molecule has 170 valence electrons. The molecule has 0 unspecified atom stereocenters. The van der Waals surface area contributed by atoms with E-state index in [0.717, 1.165) is 41.6 Å². The van der Waals surface area contributed by atoms with Crippen molar-refractivity contribution in [3.8, 4) is 16.9 Å². The van der Waals surface area contributed by atoms with Crippen LogP contribution in [0.25, 0.3) is 27.8 Å². The Morgan fingerprint density at radius 1 is 1.00 bits per heavy atom. The maximum atomic E-state index is 14.0. The highest BCUT2D eigenvalue weighted by molar-refractivity contribution is 6.09. The van der Waals surface area contributed by atoms with E-state index in [1.54, 1.807) is 17.0 Å². The van der Waals surface area contributed by atoms with E-state index < -0.39 is 11.6 Å². The van der Waals surface area contributed by atoms with E-state index in [9.17, 15) is 13.6 Å². The molecular formula is C28H28F2N2O. The quantitative estimate of drug-likeness (QED) is 0.279. The van der Waals surface area contributed by atoms with Crippen molar-refractivity contribution >= 4 is 16.7 Å². The van der Waals surface area contributed by atoms with Crippen LogP contribution in [-0.4, -0.2) is 15.3 Å². The molecule has 4 rings (SSSR count). The van der Waals surface area contributed by atoms with E-state index >= 15 is 0 Å². The number of Topliss-reactive ketones (excluding diaryl/α,β-unsaturated/α-hetero) is 1. The summed E-state index contributed by atoms with van der Waals surface area (Å²) < 4.78 is 29.2. The molecule has 0 aliphatic heterocycles. The topological polar surface area (TPSA) is 34.9 Å². The Balaban J connectivity index is 1.97. The monoisotopic (exact) mass is 446 g/mol. The van der Waals surface area contributed by atoms with Gasteiger partial charge in [-0.3, -0.25) is 9.78 Å². The van der Waals surface area contributed by atoms with Crippen molar-refractivity contribution < 1.29 is 13.6 Å². The molecule has 0 N–H and O–H groups in total. The summed E-state index contributed by atoms with van der Waals surface area (Å²) in [6.07, 6.45) is 5.60. The van der Waals surface area contributed by atoms with E-state index in [4.69, 9.17) is 4.98 Å². The fourth-order valence-electron chi connectivity index (χ4n) is 4.38. The van der Waals surface area contributed by atoms with Gasteiger partial charge in [0, 0.05) is 40.9 Å². The zero-order chi connectivity index (χ0) is 23.7. The van der Waals surface area contributed by atoms with Gasteiger partial charge < -0.3 is 4.57 Å². The molecule has 2 aromatic carbocycles. The number of ketones is 1. The molecule has 0 spiro atoms. The third-order valence-corrected chi connectivity index (χ3v) is 6.02. The van der Waals surface area contributed by atoms with Gasteiger partial charge in [0.25, 0.3) is 0 Å². The van der Waals surface area contributed by atoms with Crippen molar-refractivity contribution in [2.24, 2.45) is 5.92 Å². The number of benzene rings is 2. The largest absolute Gasteiger partial charge is 0.314 e. The molecule has 2 aromatic heterocycles. The van der Waals surface area contributed by atoms with Gasteiger partial charge in [0.1, 0.15) is 0 Å². The molecule has 0 saturated heterocycles. The lowest BCUT2D eigenvalue weighted by atomic mass is 9.93. The predicted molar refractivity (Wildman–Crippen MR) is 129 cm³/mol. The van der Waals surface area contributed by atoms with Crippen molar-refractivity contribution in [3.63, 3.8) is 0 Å². The summed E-state index contributed by atoms with van der Waals surface area (Å²) in [6.45, 7) is 8.25. The highest BCUT2D eigenvalue weighted by atomic mass is 19.2. The van der Waals surface area contributed by atoms with Crippen LogP contribution >= 0.6 is 0 Å². The Hall–Kier alpha value is -3.34. The first-order chi connectivity index (χ1) is 15.8. The number of carbonyl (C=O) groups is 1. The van der Waals surface area contributed by atoms with Gasteiger partial charge in [0.2, 0.25) is 0 Å². The molecule has 4 aromatic rings. The van der Waals surface area contributed by atoms with Crippen molar-refractivity contribution in [3.05, 3.63) is 83.2 Å². The van der Waals surface area contributed by atoms with Crippen LogP contribution in [0.2, 0.25) is 0 Å². The molecule has 0 radical (unpaired) electrons. The number of hydrogen-bond donors (Lipinski definition) is 0. The summed E-state index contributed by atoms with van der Waals surface area (Å²) in [7, 11) is 0. The third-order valence-electron chi connectivity index (χ3n) is 6.02. The molecule has 0 aliphatic carbocycles. The van der Waals surface area contributed by atoms with E-state index in [2.05, 4.69) is 32.0 Å². The SMILES string of the molecule is CCc1cccc(CC)c1-c1cc2c(C(=O)CC(C)C)cn(-c3ccc(F)c(F)c3)c2cn1. The number of nitrogens with zero attached hydrogens (tertiary/aromatic N) is 2. The van der Waals surface area contributed by atoms with Crippen LogP contribution in [0.4, 0.5) is 8.78 Å². The van der Waals surface area contributed by atoms with Crippen LogP contribution in [0, 0.1) is 17.6 Å². The molecule has 3 nitrogen and oxygen atoms in total.